The maximum absolute atomic E-state index is 13.7. The van der Waals surface area contributed by atoms with Crippen LogP contribution in [0.1, 0.15) is 60.3 Å². The van der Waals surface area contributed by atoms with Crippen LogP contribution in [0, 0.1) is 17.7 Å². The number of cyclic esters (lactones) is 1. The molecule has 252 valence electrons. The minimum absolute atomic E-state index is 0.0884. The van der Waals surface area contributed by atoms with E-state index in [0.29, 0.717) is 31.2 Å². The molecule has 3 aromatic rings. The summed E-state index contributed by atoms with van der Waals surface area (Å²) >= 11 is 0. The van der Waals surface area contributed by atoms with E-state index in [1.54, 1.807) is 19.1 Å². The SMILES string of the molecule is COc1ccnc(C(=O)N[C@H]2CCC[C@H](Cc3ccc(C(F)(F)F)cc3)[C@@H](Cc3ccc(F)cc3)[C@H](C)OC2=O)c1OCOC(C)=O. The number of carbonyl (C=O) groups is 3. The molecule has 9 nitrogen and oxygen atoms in total. The molecule has 1 aromatic heterocycles. The van der Waals surface area contributed by atoms with Gasteiger partial charge in [-0.05, 0) is 73.9 Å². The Morgan fingerprint density at radius 3 is 2.30 bits per heavy atom. The molecular formula is C34H36F4N2O7. The molecule has 1 fully saturated rings. The first-order chi connectivity index (χ1) is 22.3. The lowest BCUT2D eigenvalue weighted by Gasteiger charge is -2.31. The molecule has 1 N–H and O–H groups in total. The minimum Gasteiger partial charge on any atom is -0.493 e. The van der Waals surface area contributed by atoms with Crippen molar-refractivity contribution in [1.82, 2.24) is 10.3 Å². The van der Waals surface area contributed by atoms with Crippen LogP contribution >= 0.6 is 0 Å². The van der Waals surface area contributed by atoms with Gasteiger partial charge in [0.05, 0.1) is 12.7 Å². The molecule has 47 heavy (non-hydrogen) atoms. The number of amides is 1. The van der Waals surface area contributed by atoms with E-state index in [9.17, 15) is 31.9 Å². The van der Waals surface area contributed by atoms with Crippen LogP contribution in [0.15, 0.2) is 60.8 Å². The molecule has 0 aliphatic carbocycles. The summed E-state index contributed by atoms with van der Waals surface area (Å²) < 4.78 is 74.7. The number of aromatic nitrogens is 1. The Morgan fingerprint density at radius 2 is 1.66 bits per heavy atom. The van der Waals surface area contributed by atoms with Gasteiger partial charge >= 0.3 is 18.1 Å². The standard InChI is InChI=1S/C34H36F4N2O7/c1-20-27(18-23-9-13-26(35)14-10-23)24(17-22-7-11-25(12-8-22)34(36,37)38)5-4-6-28(33(43)47-20)40-32(42)30-31(46-19-45-21(2)41)29(44-3)15-16-39-30/h7-16,20,24,27-28H,4-6,17-19H2,1-3H3,(H,40,42)/t20-,24+,27-,28-/m0/s1. The number of hydrogen-bond acceptors (Lipinski definition) is 8. The van der Waals surface area contributed by atoms with Crippen LogP contribution in [0.2, 0.25) is 0 Å². The van der Waals surface area contributed by atoms with Gasteiger partial charge in [0.25, 0.3) is 5.91 Å². The van der Waals surface area contributed by atoms with Gasteiger partial charge in [-0.15, -0.1) is 0 Å². The van der Waals surface area contributed by atoms with Crippen molar-refractivity contribution >= 4 is 17.8 Å². The van der Waals surface area contributed by atoms with E-state index in [0.717, 1.165) is 17.7 Å². The number of halogens is 4. The molecule has 1 aliphatic rings. The molecule has 0 unspecified atom stereocenters. The highest BCUT2D eigenvalue weighted by molar-refractivity contribution is 5.98. The number of rotatable bonds is 10. The molecule has 13 heteroatoms. The Balaban J connectivity index is 1.56. The number of pyridine rings is 1. The lowest BCUT2D eigenvalue weighted by Crippen LogP contribution is -2.43. The average molecular weight is 661 g/mol. The number of nitrogens with one attached hydrogen (secondary N) is 1. The fourth-order valence-electron chi connectivity index (χ4n) is 5.68. The highest BCUT2D eigenvalue weighted by atomic mass is 19.4. The van der Waals surface area contributed by atoms with Crippen LogP contribution in [0.4, 0.5) is 17.6 Å². The predicted molar refractivity (Wildman–Crippen MR) is 161 cm³/mol. The molecule has 0 radical (unpaired) electrons. The Morgan fingerprint density at radius 1 is 1.00 bits per heavy atom. The molecule has 0 bridgehead atoms. The summed E-state index contributed by atoms with van der Waals surface area (Å²) in [6, 6.07) is 11.4. The van der Waals surface area contributed by atoms with Gasteiger partial charge in [0, 0.05) is 25.1 Å². The largest absolute Gasteiger partial charge is 0.493 e. The number of hydrogen-bond donors (Lipinski definition) is 1. The third-order valence-electron chi connectivity index (χ3n) is 8.10. The van der Waals surface area contributed by atoms with E-state index in [4.69, 9.17) is 18.9 Å². The molecule has 4 atom stereocenters. The lowest BCUT2D eigenvalue weighted by molar-refractivity contribution is -0.154. The van der Waals surface area contributed by atoms with E-state index in [-0.39, 0.29) is 35.4 Å². The second kappa shape index (κ2) is 15.7. The average Bonchev–Trinajstić information content (AvgIpc) is 3.07. The molecule has 0 saturated carbocycles. The maximum atomic E-state index is 13.7. The van der Waals surface area contributed by atoms with Gasteiger partial charge < -0.3 is 24.3 Å². The zero-order valence-electron chi connectivity index (χ0n) is 26.1. The Hall–Kier alpha value is -4.68. The molecule has 1 amide bonds. The van der Waals surface area contributed by atoms with Crippen LogP contribution in [0.3, 0.4) is 0 Å². The molecule has 1 saturated heterocycles. The molecule has 2 heterocycles. The molecular weight excluding hydrogens is 624 g/mol. The molecule has 1 aliphatic heterocycles. The first-order valence-corrected chi connectivity index (χ1v) is 15.1. The van der Waals surface area contributed by atoms with Gasteiger partial charge in [0.15, 0.2) is 17.2 Å². The van der Waals surface area contributed by atoms with Crippen molar-refractivity contribution in [2.45, 2.75) is 64.3 Å². The van der Waals surface area contributed by atoms with Crippen molar-refractivity contribution in [3.05, 3.63) is 89.0 Å². The van der Waals surface area contributed by atoms with Crippen molar-refractivity contribution < 1.29 is 50.9 Å². The summed E-state index contributed by atoms with van der Waals surface area (Å²) in [5.41, 5.74) is 0.558. The second-order valence-corrected chi connectivity index (χ2v) is 11.3. The third-order valence-corrected chi connectivity index (χ3v) is 8.10. The zero-order valence-corrected chi connectivity index (χ0v) is 26.1. The normalized spacial score (nSPS) is 20.2. The van der Waals surface area contributed by atoms with Crippen molar-refractivity contribution in [2.24, 2.45) is 11.8 Å². The fraction of sp³-hybridized carbons (Fsp3) is 0.412. The summed E-state index contributed by atoms with van der Waals surface area (Å²) in [5.74, 6) is -2.76. The summed E-state index contributed by atoms with van der Waals surface area (Å²) in [6.45, 7) is 2.43. The predicted octanol–water partition coefficient (Wildman–Crippen LogP) is 6.08. The van der Waals surface area contributed by atoms with Crippen molar-refractivity contribution in [2.75, 3.05) is 13.9 Å². The summed E-state index contributed by atoms with van der Waals surface area (Å²) in [7, 11) is 1.36. The highest BCUT2D eigenvalue weighted by Crippen LogP contribution is 2.35. The van der Waals surface area contributed by atoms with Gasteiger partial charge in [-0.3, -0.25) is 9.59 Å². The van der Waals surface area contributed by atoms with Gasteiger partial charge in [0.1, 0.15) is 18.0 Å². The van der Waals surface area contributed by atoms with E-state index >= 15 is 0 Å². The van der Waals surface area contributed by atoms with Gasteiger partial charge in [0.2, 0.25) is 6.79 Å². The molecule has 0 spiro atoms. The second-order valence-electron chi connectivity index (χ2n) is 11.3. The Bertz CT molecular complexity index is 1530. The minimum atomic E-state index is -4.46. The smallest absolute Gasteiger partial charge is 0.416 e. The van der Waals surface area contributed by atoms with E-state index < -0.39 is 54.3 Å². The van der Waals surface area contributed by atoms with Crippen molar-refractivity contribution in [3.8, 4) is 11.5 Å². The number of carbonyl (C=O) groups excluding carboxylic acids is 3. The molecule has 4 rings (SSSR count). The Kier molecular flexibility index (Phi) is 11.8. The number of benzene rings is 2. The van der Waals surface area contributed by atoms with Gasteiger partial charge in [-0.25, -0.2) is 14.2 Å². The highest BCUT2D eigenvalue weighted by Gasteiger charge is 2.36. The van der Waals surface area contributed by atoms with E-state index in [1.165, 1.54) is 50.6 Å². The zero-order chi connectivity index (χ0) is 34.1. The first-order valence-electron chi connectivity index (χ1n) is 15.1. The number of esters is 2. The van der Waals surface area contributed by atoms with Crippen LogP contribution in [-0.4, -0.2) is 48.9 Å². The van der Waals surface area contributed by atoms with Gasteiger partial charge in [-0.1, -0.05) is 30.7 Å². The van der Waals surface area contributed by atoms with E-state index in [2.05, 4.69) is 10.3 Å². The topological polar surface area (TPSA) is 113 Å². The quantitative estimate of drug-likeness (QED) is 0.158. The van der Waals surface area contributed by atoms with E-state index in [1.807, 2.05) is 0 Å². The lowest BCUT2D eigenvalue weighted by atomic mass is 9.77. The van der Waals surface area contributed by atoms with Gasteiger partial charge in [-0.2, -0.15) is 13.2 Å². The first kappa shape index (κ1) is 35.2. The number of ether oxygens (including phenoxy) is 4. The van der Waals surface area contributed by atoms with Crippen LogP contribution in [0.5, 0.6) is 11.5 Å². The summed E-state index contributed by atoms with van der Waals surface area (Å²) in [5, 5.41) is 2.68. The fourth-order valence-corrected chi connectivity index (χ4v) is 5.68. The third kappa shape index (κ3) is 9.66. The van der Waals surface area contributed by atoms with Crippen LogP contribution in [-0.2, 0) is 38.1 Å². The van der Waals surface area contributed by atoms with Crippen molar-refractivity contribution in [3.63, 3.8) is 0 Å². The monoisotopic (exact) mass is 660 g/mol. The molecule has 2 aromatic carbocycles. The van der Waals surface area contributed by atoms with Crippen molar-refractivity contribution in [1.29, 1.82) is 0 Å². The number of alkyl halides is 3. The Labute approximate surface area is 269 Å². The number of methoxy groups -OCH3 is 1. The maximum Gasteiger partial charge on any atom is 0.416 e. The summed E-state index contributed by atoms with van der Waals surface area (Å²) in [4.78, 5) is 42.2. The van der Waals surface area contributed by atoms with Crippen LogP contribution < -0.4 is 14.8 Å². The van der Waals surface area contributed by atoms with Crippen LogP contribution in [0.25, 0.3) is 0 Å². The summed E-state index contributed by atoms with van der Waals surface area (Å²) in [6.07, 6.45) is -1.72. The number of nitrogens with zero attached hydrogens (tertiary/aromatic N) is 1.